The highest BCUT2D eigenvalue weighted by molar-refractivity contribution is 7.10. The molecule has 7 heteroatoms. The Bertz CT molecular complexity index is 1190. The van der Waals surface area contributed by atoms with Crippen LogP contribution < -0.4 is 0 Å². The third kappa shape index (κ3) is 5.53. The second-order valence-electron chi connectivity index (χ2n) is 9.52. The van der Waals surface area contributed by atoms with Crippen molar-refractivity contribution in [2.24, 2.45) is 0 Å². The van der Waals surface area contributed by atoms with Gasteiger partial charge in [0.15, 0.2) is 0 Å². The summed E-state index contributed by atoms with van der Waals surface area (Å²) in [5, 5.41) is 2.17. The van der Waals surface area contributed by atoms with Crippen molar-refractivity contribution >= 4 is 23.2 Å². The average Bonchev–Trinajstić information content (AvgIpc) is 3.39. The van der Waals surface area contributed by atoms with Gasteiger partial charge in [-0.3, -0.25) is 14.5 Å². The number of piperazine rings is 1. The maximum absolute atomic E-state index is 13.3. The zero-order valence-corrected chi connectivity index (χ0v) is 21.6. The maximum Gasteiger partial charge on any atom is 0.248 e. The molecule has 0 spiro atoms. The third-order valence-electron chi connectivity index (χ3n) is 7.21. The molecule has 0 unspecified atom stereocenters. The monoisotopic (exact) mass is 503 g/mol. The van der Waals surface area contributed by atoms with Crippen molar-refractivity contribution < 1.29 is 14.3 Å². The summed E-state index contributed by atoms with van der Waals surface area (Å²) < 4.78 is 5.62. The van der Waals surface area contributed by atoms with E-state index in [1.807, 2.05) is 51.5 Å². The molecule has 1 saturated heterocycles. The van der Waals surface area contributed by atoms with E-state index in [9.17, 15) is 9.59 Å². The number of thiophene rings is 1. The summed E-state index contributed by atoms with van der Waals surface area (Å²) in [6.07, 6.45) is 0.980. The molecule has 36 heavy (non-hydrogen) atoms. The highest BCUT2D eigenvalue weighted by Crippen LogP contribution is 2.38. The van der Waals surface area contributed by atoms with E-state index >= 15 is 0 Å². The molecule has 0 saturated carbocycles. The highest BCUT2D eigenvalue weighted by Gasteiger charge is 2.33. The van der Waals surface area contributed by atoms with Crippen LogP contribution in [0.4, 0.5) is 0 Å². The van der Waals surface area contributed by atoms with Gasteiger partial charge in [-0.25, -0.2) is 0 Å². The van der Waals surface area contributed by atoms with Crippen LogP contribution in [-0.2, 0) is 27.4 Å². The fourth-order valence-corrected chi connectivity index (χ4v) is 6.10. The molecular weight excluding hydrogens is 470 g/mol. The molecule has 188 valence electrons. The first kappa shape index (κ1) is 24.7. The lowest BCUT2D eigenvalue weighted by molar-refractivity contribution is -0.143. The van der Waals surface area contributed by atoms with Gasteiger partial charge in [0.2, 0.25) is 11.8 Å². The van der Waals surface area contributed by atoms with Crippen molar-refractivity contribution in [1.82, 2.24) is 14.7 Å². The number of amides is 2. The summed E-state index contributed by atoms with van der Waals surface area (Å²) in [5.41, 5.74) is 4.91. The zero-order chi connectivity index (χ0) is 24.9. The molecule has 2 aromatic carbocycles. The first-order valence-electron chi connectivity index (χ1n) is 12.6. The minimum absolute atomic E-state index is 0.0151. The minimum atomic E-state index is -0.0151. The van der Waals surface area contributed by atoms with Crippen molar-refractivity contribution in [2.45, 2.75) is 26.0 Å². The van der Waals surface area contributed by atoms with Crippen LogP contribution in [0.1, 0.15) is 33.2 Å². The molecule has 0 N–H and O–H groups in total. The van der Waals surface area contributed by atoms with E-state index in [2.05, 4.69) is 47.5 Å². The zero-order valence-electron chi connectivity index (χ0n) is 20.8. The molecule has 1 atom stereocenters. The lowest BCUT2D eigenvalue weighted by Crippen LogP contribution is -2.53. The molecule has 0 radical (unpaired) electrons. The quantitative estimate of drug-likeness (QED) is 0.491. The van der Waals surface area contributed by atoms with E-state index in [1.165, 1.54) is 21.6 Å². The van der Waals surface area contributed by atoms with E-state index in [-0.39, 0.29) is 24.5 Å². The maximum atomic E-state index is 13.3. The first-order valence-corrected chi connectivity index (χ1v) is 13.5. The Morgan fingerprint density at radius 2 is 1.56 bits per heavy atom. The van der Waals surface area contributed by atoms with Crippen LogP contribution in [0.25, 0.3) is 0 Å². The molecule has 6 nitrogen and oxygen atoms in total. The number of ether oxygens (including phenoxy) is 1. The van der Waals surface area contributed by atoms with E-state index in [4.69, 9.17) is 4.74 Å². The van der Waals surface area contributed by atoms with Gasteiger partial charge in [-0.1, -0.05) is 54.6 Å². The van der Waals surface area contributed by atoms with Gasteiger partial charge < -0.3 is 14.5 Å². The predicted octanol–water partition coefficient (Wildman–Crippen LogP) is 3.89. The Morgan fingerprint density at radius 1 is 0.861 bits per heavy atom. The van der Waals surface area contributed by atoms with Gasteiger partial charge in [-0.05, 0) is 47.0 Å². The van der Waals surface area contributed by atoms with Crippen molar-refractivity contribution in [3.63, 3.8) is 0 Å². The fraction of sp³-hybridized carbons (Fsp3) is 0.379. The molecule has 0 bridgehead atoms. The number of hydrogen-bond acceptors (Lipinski definition) is 5. The molecule has 1 aromatic heterocycles. The van der Waals surface area contributed by atoms with Crippen LogP contribution in [0, 0.1) is 6.92 Å². The molecule has 3 heterocycles. The molecular formula is C29H33N3O3S. The molecule has 5 rings (SSSR count). The second-order valence-corrected chi connectivity index (χ2v) is 10.5. The van der Waals surface area contributed by atoms with Crippen LogP contribution in [0.5, 0.6) is 0 Å². The summed E-state index contributed by atoms with van der Waals surface area (Å²) in [4.78, 5) is 33.4. The smallest absolute Gasteiger partial charge is 0.248 e. The van der Waals surface area contributed by atoms with Gasteiger partial charge in [-0.15, -0.1) is 11.3 Å². The largest absolute Gasteiger partial charge is 0.367 e. The van der Waals surface area contributed by atoms with Crippen LogP contribution in [0.3, 0.4) is 0 Å². The first-order chi connectivity index (χ1) is 17.6. The Morgan fingerprint density at radius 3 is 2.31 bits per heavy atom. The van der Waals surface area contributed by atoms with E-state index < -0.39 is 0 Å². The summed E-state index contributed by atoms with van der Waals surface area (Å²) in [7, 11) is 0. The summed E-state index contributed by atoms with van der Waals surface area (Å²) in [6.45, 7) is 6.14. The van der Waals surface area contributed by atoms with E-state index in [0.717, 1.165) is 18.5 Å². The molecule has 2 amide bonds. The van der Waals surface area contributed by atoms with Crippen molar-refractivity contribution in [3.8, 4) is 0 Å². The van der Waals surface area contributed by atoms with Crippen LogP contribution in [0.2, 0.25) is 0 Å². The predicted molar refractivity (Wildman–Crippen MR) is 142 cm³/mol. The van der Waals surface area contributed by atoms with Crippen LogP contribution in [0.15, 0.2) is 66.0 Å². The number of rotatable bonds is 7. The fourth-order valence-electron chi connectivity index (χ4n) is 5.20. The van der Waals surface area contributed by atoms with Gasteiger partial charge in [0.1, 0.15) is 6.61 Å². The van der Waals surface area contributed by atoms with Gasteiger partial charge >= 0.3 is 0 Å². The third-order valence-corrected chi connectivity index (χ3v) is 8.21. The highest BCUT2D eigenvalue weighted by atomic mass is 32.1. The Hall–Kier alpha value is -3.00. The average molecular weight is 504 g/mol. The summed E-state index contributed by atoms with van der Waals surface area (Å²) >= 11 is 1.82. The Balaban J connectivity index is 1.16. The summed E-state index contributed by atoms with van der Waals surface area (Å²) in [5.74, 6) is 0.123. The van der Waals surface area contributed by atoms with Crippen molar-refractivity contribution in [2.75, 3.05) is 45.9 Å². The molecule has 2 aliphatic heterocycles. The standard InChI is InChI=1S/C29H33N3O3S/c1-22-7-5-6-10-24(22)29-25-12-18-36-26(25)11-13-32(29)19-27(33)30-14-16-31(17-15-30)28(34)21-35-20-23-8-3-2-4-9-23/h2-10,12,18,29H,11,13-17,19-21H2,1H3/t29-/m0/s1. The van der Waals surface area contributed by atoms with Gasteiger partial charge in [0.25, 0.3) is 0 Å². The van der Waals surface area contributed by atoms with E-state index in [0.29, 0.717) is 39.3 Å². The molecule has 3 aromatic rings. The number of hydrogen-bond donors (Lipinski definition) is 0. The lowest BCUT2D eigenvalue weighted by atomic mass is 9.90. The SMILES string of the molecule is Cc1ccccc1[C@H]1c2ccsc2CCN1CC(=O)N1CCN(C(=O)COCc2ccccc2)CC1. The van der Waals surface area contributed by atoms with Gasteiger partial charge in [0.05, 0.1) is 19.2 Å². The van der Waals surface area contributed by atoms with Crippen LogP contribution in [-0.4, -0.2) is 72.4 Å². The number of fused-ring (bicyclic) bond motifs is 1. The van der Waals surface area contributed by atoms with Crippen LogP contribution >= 0.6 is 11.3 Å². The Kier molecular flexibility index (Phi) is 7.80. The molecule has 0 aliphatic carbocycles. The van der Waals surface area contributed by atoms with Crippen molar-refractivity contribution in [3.05, 3.63) is 93.2 Å². The number of benzene rings is 2. The molecule has 1 fully saturated rings. The normalized spacial score (nSPS) is 18.2. The number of carbonyl (C=O) groups is 2. The minimum Gasteiger partial charge on any atom is -0.367 e. The summed E-state index contributed by atoms with van der Waals surface area (Å²) in [6, 6.07) is 20.7. The number of carbonyl (C=O) groups excluding carboxylic acids is 2. The van der Waals surface area contributed by atoms with Gasteiger partial charge in [0, 0.05) is 37.6 Å². The topological polar surface area (TPSA) is 53.1 Å². The second kappa shape index (κ2) is 11.4. The van der Waals surface area contributed by atoms with Crippen molar-refractivity contribution in [1.29, 1.82) is 0 Å². The number of aryl methyl sites for hydroxylation is 1. The molecule has 2 aliphatic rings. The Labute approximate surface area is 217 Å². The van der Waals surface area contributed by atoms with Gasteiger partial charge in [-0.2, -0.15) is 0 Å². The van der Waals surface area contributed by atoms with E-state index in [1.54, 1.807) is 0 Å². The number of nitrogens with zero attached hydrogens (tertiary/aromatic N) is 3. The lowest BCUT2D eigenvalue weighted by Gasteiger charge is -2.39.